The Hall–Kier alpha value is -2.54. The number of thioether (sulfide) groups is 1. The van der Waals surface area contributed by atoms with Crippen LogP contribution in [0.3, 0.4) is 0 Å². The molecule has 3 rings (SSSR count). The molecule has 0 aliphatic rings. The van der Waals surface area contributed by atoms with Crippen LogP contribution in [-0.2, 0) is 18.4 Å². The zero-order valence-electron chi connectivity index (χ0n) is 15.5. The Morgan fingerprint density at radius 1 is 1.23 bits per heavy atom. The highest BCUT2D eigenvalue weighted by Gasteiger charge is 2.14. The minimum Gasteiger partial charge on any atom is -0.341 e. The van der Waals surface area contributed by atoms with E-state index in [1.165, 1.54) is 22.9 Å². The van der Waals surface area contributed by atoms with E-state index in [9.17, 15) is 4.79 Å². The molecule has 3 aromatic rings. The maximum atomic E-state index is 12.4. The third-order valence-electron chi connectivity index (χ3n) is 4.02. The van der Waals surface area contributed by atoms with Crippen LogP contribution in [0.4, 0.5) is 0 Å². The van der Waals surface area contributed by atoms with Gasteiger partial charge in [0, 0.05) is 50.5 Å². The van der Waals surface area contributed by atoms with E-state index in [-0.39, 0.29) is 5.91 Å². The molecular weight excluding hydrogens is 346 g/mol. The molecule has 1 amide bonds. The van der Waals surface area contributed by atoms with Gasteiger partial charge in [-0.1, -0.05) is 17.8 Å². The van der Waals surface area contributed by atoms with E-state index in [1.54, 1.807) is 22.0 Å². The first-order valence-electron chi connectivity index (χ1n) is 8.38. The van der Waals surface area contributed by atoms with Crippen LogP contribution in [0.25, 0.3) is 5.69 Å². The van der Waals surface area contributed by atoms with Crippen LogP contribution in [0.5, 0.6) is 0 Å². The van der Waals surface area contributed by atoms with Gasteiger partial charge in [0.1, 0.15) is 0 Å². The summed E-state index contributed by atoms with van der Waals surface area (Å²) in [7, 11) is 3.68. The van der Waals surface area contributed by atoms with Gasteiger partial charge in [-0.25, -0.2) is 4.98 Å². The molecule has 0 saturated carbocycles. The molecule has 0 N–H and O–H groups in total. The molecule has 0 spiro atoms. The molecule has 26 heavy (non-hydrogen) atoms. The van der Waals surface area contributed by atoms with Gasteiger partial charge in [-0.3, -0.25) is 14.0 Å². The molecule has 2 aromatic heterocycles. The number of aromatic nitrogens is 4. The number of hydrogen-bond donors (Lipinski definition) is 0. The summed E-state index contributed by atoms with van der Waals surface area (Å²) in [6.45, 7) is 4.72. The number of imidazole rings is 1. The summed E-state index contributed by atoms with van der Waals surface area (Å²) in [5.74, 6) is 0.410. The average molecular weight is 369 g/mol. The van der Waals surface area contributed by atoms with Gasteiger partial charge in [0.2, 0.25) is 5.91 Å². The topological polar surface area (TPSA) is 56.0 Å². The summed E-state index contributed by atoms with van der Waals surface area (Å²) in [5.41, 5.74) is 4.50. The standard InChI is InChI=1S/C19H23N5OS/c1-14-7-15(2)9-17(8-14)24-6-5-20-19(24)26-13-18(25)22(3)11-16-10-21-23(4)12-16/h5-10,12H,11,13H2,1-4H3. The molecule has 2 heterocycles. The number of aryl methyl sites for hydroxylation is 3. The Bertz CT molecular complexity index is 894. The van der Waals surface area contributed by atoms with Gasteiger partial charge in [0.15, 0.2) is 5.16 Å². The van der Waals surface area contributed by atoms with Crippen molar-refractivity contribution in [3.8, 4) is 5.69 Å². The van der Waals surface area contributed by atoms with Gasteiger partial charge in [-0.2, -0.15) is 5.10 Å². The molecule has 1 aromatic carbocycles. The number of rotatable bonds is 6. The predicted octanol–water partition coefficient (Wildman–Crippen LogP) is 2.97. The van der Waals surface area contributed by atoms with Crippen molar-refractivity contribution in [3.05, 3.63) is 59.7 Å². The third-order valence-corrected chi connectivity index (χ3v) is 4.97. The summed E-state index contributed by atoms with van der Waals surface area (Å²) in [5, 5.41) is 4.95. The number of carbonyl (C=O) groups is 1. The van der Waals surface area contributed by atoms with Crippen molar-refractivity contribution < 1.29 is 4.79 Å². The molecule has 0 aliphatic heterocycles. The van der Waals surface area contributed by atoms with Crippen molar-refractivity contribution >= 4 is 17.7 Å². The minimum atomic E-state index is 0.0637. The number of nitrogens with zero attached hydrogens (tertiary/aromatic N) is 5. The minimum absolute atomic E-state index is 0.0637. The number of benzene rings is 1. The predicted molar refractivity (Wildman–Crippen MR) is 103 cm³/mol. The van der Waals surface area contributed by atoms with E-state index in [2.05, 4.69) is 42.1 Å². The van der Waals surface area contributed by atoms with Gasteiger partial charge in [-0.15, -0.1) is 0 Å². The highest BCUT2D eigenvalue weighted by molar-refractivity contribution is 7.99. The lowest BCUT2D eigenvalue weighted by Gasteiger charge is -2.16. The lowest BCUT2D eigenvalue weighted by molar-refractivity contribution is -0.127. The summed E-state index contributed by atoms with van der Waals surface area (Å²) < 4.78 is 3.77. The number of hydrogen-bond acceptors (Lipinski definition) is 4. The van der Waals surface area contributed by atoms with Crippen molar-refractivity contribution in [2.75, 3.05) is 12.8 Å². The second kappa shape index (κ2) is 7.78. The Morgan fingerprint density at radius 3 is 2.62 bits per heavy atom. The van der Waals surface area contributed by atoms with Crippen molar-refractivity contribution in [2.24, 2.45) is 7.05 Å². The molecule has 0 aliphatic carbocycles. The molecule has 0 radical (unpaired) electrons. The van der Waals surface area contributed by atoms with Crippen LogP contribution in [-0.4, -0.2) is 42.9 Å². The van der Waals surface area contributed by atoms with Crippen molar-refractivity contribution in [1.29, 1.82) is 0 Å². The van der Waals surface area contributed by atoms with Gasteiger partial charge in [0.05, 0.1) is 11.9 Å². The van der Waals surface area contributed by atoms with Crippen molar-refractivity contribution in [3.63, 3.8) is 0 Å². The highest BCUT2D eigenvalue weighted by Crippen LogP contribution is 2.22. The van der Waals surface area contributed by atoms with Crippen LogP contribution in [0.15, 0.2) is 48.1 Å². The van der Waals surface area contributed by atoms with Gasteiger partial charge < -0.3 is 4.90 Å². The normalized spacial score (nSPS) is 10.9. The summed E-state index contributed by atoms with van der Waals surface area (Å²) in [6, 6.07) is 6.38. The van der Waals surface area contributed by atoms with E-state index in [0.29, 0.717) is 12.3 Å². The Balaban J connectivity index is 1.65. The SMILES string of the molecule is Cc1cc(C)cc(-n2ccnc2SCC(=O)N(C)Cc2cnn(C)c2)c1. The molecule has 0 bridgehead atoms. The second-order valence-electron chi connectivity index (χ2n) is 6.49. The van der Waals surface area contributed by atoms with Gasteiger partial charge in [0.25, 0.3) is 0 Å². The fraction of sp³-hybridized carbons (Fsp3) is 0.316. The third kappa shape index (κ3) is 4.35. The number of carbonyl (C=O) groups excluding carboxylic acids is 1. The Morgan fingerprint density at radius 2 is 1.96 bits per heavy atom. The Labute approximate surface area is 157 Å². The largest absolute Gasteiger partial charge is 0.341 e. The summed E-state index contributed by atoms with van der Waals surface area (Å²) >= 11 is 1.45. The van der Waals surface area contributed by atoms with Gasteiger partial charge >= 0.3 is 0 Å². The lowest BCUT2D eigenvalue weighted by Crippen LogP contribution is -2.27. The molecule has 0 fully saturated rings. The smallest absolute Gasteiger partial charge is 0.233 e. The maximum Gasteiger partial charge on any atom is 0.233 e. The van der Waals surface area contributed by atoms with Crippen LogP contribution in [0.2, 0.25) is 0 Å². The zero-order valence-corrected chi connectivity index (χ0v) is 16.3. The first kappa shape index (κ1) is 18.3. The van der Waals surface area contributed by atoms with E-state index < -0.39 is 0 Å². The molecule has 136 valence electrons. The molecule has 0 saturated heterocycles. The number of amides is 1. The van der Waals surface area contributed by atoms with Crippen molar-refractivity contribution in [2.45, 2.75) is 25.5 Å². The molecule has 0 atom stereocenters. The van der Waals surface area contributed by atoms with Crippen LogP contribution in [0, 0.1) is 13.8 Å². The van der Waals surface area contributed by atoms with Crippen LogP contribution >= 0.6 is 11.8 Å². The first-order chi connectivity index (χ1) is 12.4. The quantitative estimate of drug-likeness (QED) is 0.627. The average Bonchev–Trinajstić information content (AvgIpc) is 3.20. The summed E-state index contributed by atoms with van der Waals surface area (Å²) in [4.78, 5) is 18.6. The fourth-order valence-electron chi connectivity index (χ4n) is 2.83. The van der Waals surface area contributed by atoms with E-state index >= 15 is 0 Å². The molecule has 0 unspecified atom stereocenters. The van der Waals surface area contributed by atoms with Gasteiger partial charge in [-0.05, 0) is 37.1 Å². The van der Waals surface area contributed by atoms with E-state index in [1.807, 2.05) is 31.1 Å². The Kier molecular flexibility index (Phi) is 5.46. The molecule has 7 heteroatoms. The second-order valence-corrected chi connectivity index (χ2v) is 7.43. The highest BCUT2D eigenvalue weighted by atomic mass is 32.2. The van der Waals surface area contributed by atoms with E-state index in [0.717, 1.165) is 16.4 Å². The monoisotopic (exact) mass is 369 g/mol. The first-order valence-corrected chi connectivity index (χ1v) is 9.37. The van der Waals surface area contributed by atoms with Crippen LogP contribution in [0.1, 0.15) is 16.7 Å². The zero-order chi connectivity index (χ0) is 18.7. The van der Waals surface area contributed by atoms with Crippen LogP contribution < -0.4 is 0 Å². The maximum absolute atomic E-state index is 12.4. The van der Waals surface area contributed by atoms with E-state index in [4.69, 9.17) is 0 Å². The summed E-state index contributed by atoms with van der Waals surface area (Å²) in [6.07, 6.45) is 7.40. The lowest BCUT2D eigenvalue weighted by atomic mass is 10.1. The fourth-order valence-corrected chi connectivity index (χ4v) is 3.75. The molecule has 6 nitrogen and oxygen atoms in total. The van der Waals surface area contributed by atoms with Crippen molar-refractivity contribution in [1.82, 2.24) is 24.2 Å². The molecular formula is C19H23N5OS.